The summed E-state index contributed by atoms with van der Waals surface area (Å²) in [5, 5.41) is 0. The second kappa shape index (κ2) is 5.94. The Labute approximate surface area is 122 Å². The molecule has 0 spiro atoms. The molecular weight excluding hydrogens is 333 g/mol. The molecule has 0 bridgehead atoms. The summed E-state index contributed by atoms with van der Waals surface area (Å²) in [6.45, 7) is -3.24. The standard InChI is InChI=1S/C11H8ClF3N2O3S/c12-21(18,19)9-5-7(13)1-2-8(9)20-6-10-16-3-4-17(10)11(14)15/h1-5,11H,6H2. The van der Waals surface area contributed by atoms with Gasteiger partial charge in [-0.25, -0.2) is 17.8 Å². The Morgan fingerprint density at radius 3 is 2.71 bits per heavy atom. The number of nitrogens with zero attached hydrogens (tertiary/aromatic N) is 2. The summed E-state index contributed by atoms with van der Waals surface area (Å²) in [5.41, 5.74) is 0. The minimum Gasteiger partial charge on any atom is -0.484 e. The number of hydrogen-bond donors (Lipinski definition) is 0. The molecule has 1 heterocycles. The quantitative estimate of drug-likeness (QED) is 0.785. The lowest BCUT2D eigenvalue weighted by atomic mass is 10.3. The Kier molecular flexibility index (Phi) is 4.43. The van der Waals surface area contributed by atoms with Crippen LogP contribution in [0.4, 0.5) is 13.2 Å². The largest absolute Gasteiger partial charge is 0.484 e. The van der Waals surface area contributed by atoms with Gasteiger partial charge in [0, 0.05) is 23.1 Å². The first-order chi connectivity index (χ1) is 9.79. The predicted octanol–water partition coefficient (Wildman–Crippen LogP) is 2.92. The molecule has 0 atom stereocenters. The maximum absolute atomic E-state index is 13.1. The zero-order valence-corrected chi connectivity index (χ0v) is 11.8. The van der Waals surface area contributed by atoms with Crippen LogP contribution < -0.4 is 4.74 Å². The molecular formula is C11H8ClF3N2O3S. The first kappa shape index (κ1) is 15.6. The molecule has 21 heavy (non-hydrogen) atoms. The van der Waals surface area contributed by atoms with Crippen molar-refractivity contribution < 1.29 is 26.3 Å². The normalized spacial score (nSPS) is 11.9. The molecule has 0 saturated heterocycles. The van der Waals surface area contributed by atoms with Gasteiger partial charge >= 0.3 is 6.55 Å². The van der Waals surface area contributed by atoms with E-state index in [2.05, 4.69) is 4.98 Å². The van der Waals surface area contributed by atoms with E-state index in [1.165, 1.54) is 0 Å². The lowest BCUT2D eigenvalue weighted by Gasteiger charge is -2.10. The van der Waals surface area contributed by atoms with Crippen molar-refractivity contribution in [1.29, 1.82) is 0 Å². The monoisotopic (exact) mass is 340 g/mol. The topological polar surface area (TPSA) is 61.2 Å². The summed E-state index contributed by atoms with van der Waals surface area (Å²) < 4.78 is 66.6. The third-order valence-corrected chi connectivity index (χ3v) is 3.83. The van der Waals surface area contributed by atoms with Crippen LogP contribution in [-0.2, 0) is 15.7 Å². The van der Waals surface area contributed by atoms with E-state index in [0.29, 0.717) is 10.6 Å². The Bertz CT molecular complexity index is 749. The van der Waals surface area contributed by atoms with E-state index in [0.717, 1.165) is 24.5 Å². The third-order valence-electron chi connectivity index (χ3n) is 2.48. The average molecular weight is 341 g/mol. The Balaban J connectivity index is 2.27. The maximum atomic E-state index is 13.1. The lowest BCUT2D eigenvalue weighted by Crippen LogP contribution is -2.08. The van der Waals surface area contributed by atoms with Gasteiger partial charge in [-0.1, -0.05) is 0 Å². The van der Waals surface area contributed by atoms with Gasteiger partial charge in [0.2, 0.25) is 0 Å². The molecule has 0 amide bonds. The Morgan fingerprint density at radius 1 is 1.38 bits per heavy atom. The third kappa shape index (κ3) is 3.67. The van der Waals surface area contributed by atoms with E-state index >= 15 is 0 Å². The maximum Gasteiger partial charge on any atom is 0.320 e. The van der Waals surface area contributed by atoms with Gasteiger partial charge in [-0.15, -0.1) is 0 Å². The number of benzene rings is 1. The highest BCUT2D eigenvalue weighted by molar-refractivity contribution is 8.13. The van der Waals surface area contributed by atoms with E-state index < -0.39 is 32.9 Å². The molecule has 0 radical (unpaired) electrons. The van der Waals surface area contributed by atoms with Crippen molar-refractivity contribution in [3.63, 3.8) is 0 Å². The molecule has 2 aromatic rings. The molecule has 1 aromatic carbocycles. The van der Waals surface area contributed by atoms with Crippen LogP contribution in [0, 0.1) is 5.82 Å². The molecule has 0 unspecified atom stereocenters. The number of hydrogen-bond acceptors (Lipinski definition) is 4. The van der Waals surface area contributed by atoms with Gasteiger partial charge in [0.25, 0.3) is 9.05 Å². The number of aromatic nitrogens is 2. The zero-order valence-electron chi connectivity index (χ0n) is 10.2. The fourth-order valence-electron chi connectivity index (χ4n) is 1.57. The summed E-state index contributed by atoms with van der Waals surface area (Å²) in [6, 6.07) is 2.68. The van der Waals surface area contributed by atoms with Crippen LogP contribution in [-0.4, -0.2) is 18.0 Å². The highest BCUT2D eigenvalue weighted by Crippen LogP contribution is 2.28. The fourth-order valence-corrected chi connectivity index (χ4v) is 2.55. The van der Waals surface area contributed by atoms with Crippen molar-refractivity contribution in [2.24, 2.45) is 0 Å². The summed E-state index contributed by atoms with van der Waals surface area (Å²) in [5.74, 6) is -1.20. The molecule has 0 N–H and O–H groups in total. The molecule has 1 aromatic heterocycles. The van der Waals surface area contributed by atoms with Gasteiger partial charge < -0.3 is 4.74 Å². The van der Waals surface area contributed by atoms with Crippen molar-refractivity contribution in [2.75, 3.05) is 0 Å². The van der Waals surface area contributed by atoms with Crippen LogP contribution in [0.15, 0.2) is 35.5 Å². The van der Waals surface area contributed by atoms with E-state index in [9.17, 15) is 21.6 Å². The van der Waals surface area contributed by atoms with E-state index in [4.69, 9.17) is 15.4 Å². The average Bonchev–Trinajstić information content (AvgIpc) is 2.84. The molecule has 10 heteroatoms. The van der Waals surface area contributed by atoms with Crippen molar-refractivity contribution >= 4 is 19.7 Å². The highest BCUT2D eigenvalue weighted by atomic mass is 35.7. The van der Waals surface area contributed by atoms with Crippen LogP contribution in [0.1, 0.15) is 12.4 Å². The SMILES string of the molecule is O=S(=O)(Cl)c1cc(F)ccc1OCc1nccn1C(F)F. The van der Waals surface area contributed by atoms with E-state index in [-0.39, 0.29) is 11.6 Å². The molecule has 0 aliphatic carbocycles. The molecule has 2 rings (SSSR count). The molecule has 114 valence electrons. The molecule has 0 aliphatic heterocycles. The summed E-state index contributed by atoms with van der Waals surface area (Å²) in [4.78, 5) is 3.08. The van der Waals surface area contributed by atoms with Crippen molar-refractivity contribution in [3.8, 4) is 5.75 Å². The van der Waals surface area contributed by atoms with Crippen molar-refractivity contribution in [1.82, 2.24) is 9.55 Å². The smallest absolute Gasteiger partial charge is 0.320 e. The Hall–Kier alpha value is -1.74. The number of ether oxygens (including phenoxy) is 1. The van der Waals surface area contributed by atoms with Crippen LogP contribution >= 0.6 is 10.7 Å². The van der Waals surface area contributed by atoms with Gasteiger partial charge in [0.1, 0.15) is 23.1 Å². The second-order valence-corrected chi connectivity index (χ2v) is 6.38. The van der Waals surface area contributed by atoms with Crippen molar-refractivity contribution in [3.05, 3.63) is 42.2 Å². The van der Waals surface area contributed by atoms with Crippen molar-refractivity contribution in [2.45, 2.75) is 18.1 Å². The van der Waals surface area contributed by atoms with Gasteiger partial charge in [-0.2, -0.15) is 8.78 Å². The summed E-state index contributed by atoms with van der Waals surface area (Å²) >= 11 is 0. The number of halogens is 4. The highest BCUT2D eigenvalue weighted by Gasteiger charge is 2.19. The minimum atomic E-state index is -4.24. The summed E-state index contributed by atoms with van der Waals surface area (Å²) in [6.07, 6.45) is 2.20. The number of alkyl halides is 2. The Morgan fingerprint density at radius 2 is 2.10 bits per heavy atom. The van der Waals surface area contributed by atoms with Gasteiger partial charge in [0.15, 0.2) is 5.82 Å². The van der Waals surface area contributed by atoms with E-state index in [1.54, 1.807) is 0 Å². The van der Waals surface area contributed by atoms with Gasteiger partial charge in [-0.3, -0.25) is 4.57 Å². The van der Waals surface area contributed by atoms with Gasteiger partial charge in [-0.05, 0) is 18.2 Å². The molecule has 0 saturated carbocycles. The number of rotatable bonds is 5. The zero-order chi connectivity index (χ0) is 15.6. The van der Waals surface area contributed by atoms with E-state index in [1.807, 2.05) is 0 Å². The first-order valence-electron chi connectivity index (χ1n) is 5.46. The second-order valence-electron chi connectivity index (χ2n) is 3.85. The molecule has 0 fully saturated rings. The van der Waals surface area contributed by atoms with Crippen LogP contribution in [0.5, 0.6) is 5.75 Å². The molecule has 5 nitrogen and oxygen atoms in total. The van der Waals surface area contributed by atoms with Crippen LogP contribution in [0.3, 0.4) is 0 Å². The minimum absolute atomic E-state index is 0.118. The number of imidazole rings is 1. The van der Waals surface area contributed by atoms with Crippen LogP contribution in [0.2, 0.25) is 0 Å². The fraction of sp³-hybridized carbons (Fsp3) is 0.182. The first-order valence-corrected chi connectivity index (χ1v) is 7.77. The predicted molar refractivity (Wildman–Crippen MR) is 67.3 cm³/mol. The van der Waals surface area contributed by atoms with Gasteiger partial charge in [0.05, 0.1) is 0 Å². The molecule has 0 aliphatic rings. The van der Waals surface area contributed by atoms with Crippen LogP contribution in [0.25, 0.3) is 0 Å². The summed E-state index contributed by atoms with van der Waals surface area (Å²) in [7, 11) is 0.921. The lowest BCUT2D eigenvalue weighted by molar-refractivity contribution is 0.0631.